The second-order valence-corrected chi connectivity index (χ2v) is 6.46. The van der Waals surface area contributed by atoms with Crippen LogP contribution in [0.5, 0.6) is 0 Å². The largest absolute Gasteiger partial charge is 0.392 e. The Bertz CT molecular complexity index is 581. The fourth-order valence-corrected chi connectivity index (χ4v) is 2.54. The van der Waals surface area contributed by atoms with E-state index in [2.05, 4.69) is 15.9 Å². The van der Waals surface area contributed by atoms with Crippen LogP contribution in [0.1, 0.15) is 25.0 Å². The van der Waals surface area contributed by atoms with Gasteiger partial charge in [0.1, 0.15) is 5.82 Å². The molecule has 2 aromatic carbocycles. The lowest BCUT2D eigenvalue weighted by molar-refractivity contribution is 0.0991. The van der Waals surface area contributed by atoms with Crippen molar-refractivity contribution in [3.05, 3.63) is 69.9 Å². The predicted molar refractivity (Wildman–Crippen MR) is 83.3 cm³/mol. The molecule has 0 aromatic heterocycles. The summed E-state index contributed by atoms with van der Waals surface area (Å²) in [5, 5.41) is 10.5. The summed E-state index contributed by atoms with van der Waals surface area (Å²) in [4.78, 5) is 0. The van der Waals surface area contributed by atoms with Crippen molar-refractivity contribution in [1.82, 2.24) is 0 Å². The van der Waals surface area contributed by atoms with Crippen LogP contribution in [0.15, 0.2) is 53.0 Å². The zero-order valence-corrected chi connectivity index (χ0v) is 13.2. The molecule has 106 valence electrons. The van der Waals surface area contributed by atoms with Crippen LogP contribution in [0.2, 0.25) is 0 Å². The van der Waals surface area contributed by atoms with Gasteiger partial charge in [0.2, 0.25) is 0 Å². The van der Waals surface area contributed by atoms with Gasteiger partial charge in [0, 0.05) is 16.3 Å². The monoisotopic (exact) mass is 336 g/mol. The molecular weight excluding hydrogens is 319 g/mol. The highest BCUT2D eigenvalue weighted by molar-refractivity contribution is 9.10. The second kappa shape index (κ2) is 6.06. The Morgan fingerprint density at radius 3 is 2.40 bits per heavy atom. The number of hydrogen-bond acceptors (Lipinski definition) is 1. The Kier molecular flexibility index (Phi) is 4.61. The molecule has 0 saturated carbocycles. The van der Waals surface area contributed by atoms with E-state index >= 15 is 0 Å². The number of aliphatic hydroxyl groups excluding tert-OH is 1. The number of hydrogen-bond donors (Lipinski definition) is 1. The minimum atomic E-state index is -0.652. The number of halogens is 2. The van der Waals surface area contributed by atoms with Crippen LogP contribution in [0, 0.1) is 5.82 Å². The van der Waals surface area contributed by atoms with Gasteiger partial charge in [-0.25, -0.2) is 4.39 Å². The lowest BCUT2D eigenvalue weighted by Crippen LogP contribution is -2.35. The third kappa shape index (κ3) is 3.28. The molecule has 1 N–H and O–H groups in total. The summed E-state index contributed by atoms with van der Waals surface area (Å²) < 4.78 is 14.6. The minimum Gasteiger partial charge on any atom is -0.392 e. The van der Waals surface area contributed by atoms with E-state index in [0.29, 0.717) is 16.5 Å². The van der Waals surface area contributed by atoms with Crippen LogP contribution in [0.4, 0.5) is 4.39 Å². The second-order valence-electron chi connectivity index (χ2n) is 5.54. The van der Waals surface area contributed by atoms with Gasteiger partial charge in [-0.3, -0.25) is 0 Å². The first-order chi connectivity index (χ1) is 9.41. The van der Waals surface area contributed by atoms with Crippen molar-refractivity contribution < 1.29 is 9.50 Å². The van der Waals surface area contributed by atoms with E-state index in [1.807, 2.05) is 44.2 Å². The average Bonchev–Trinajstić information content (AvgIpc) is 2.42. The van der Waals surface area contributed by atoms with Crippen LogP contribution < -0.4 is 0 Å². The normalized spacial score (nSPS) is 13.2. The summed E-state index contributed by atoms with van der Waals surface area (Å²) in [6.07, 6.45) is -0.360. The highest BCUT2D eigenvalue weighted by Crippen LogP contribution is 2.29. The van der Waals surface area contributed by atoms with E-state index in [-0.39, 0.29) is 5.82 Å². The quantitative estimate of drug-likeness (QED) is 0.873. The first kappa shape index (κ1) is 15.2. The lowest BCUT2D eigenvalue weighted by Gasteiger charge is -2.31. The molecule has 0 aliphatic rings. The van der Waals surface area contributed by atoms with Crippen molar-refractivity contribution >= 4 is 15.9 Å². The fourth-order valence-electron chi connectivity index (χ4n) is 2.21. The van der Waals surface area contributed by atoms with Crippen molar-refractivity contribution in [3.63, 3.8) is 0 Å². The molecule has 1 nitrogen and oxygen atoms in total. The van der Waals surface area contributed by atoms with Gasteiger partial charge in [0.25, 0.3) is 0 Å². The zero-order valence-electron chi connectivity index (χ0n) is 11.6. The van der Waals surface area contributed by atoms with Gasteiger partial charge in [-0.1, -0.05) is 66.2 Å². The molecule has 0 aliphatic carbocycles. The Morgan fingerprint density at radius 1 is 1.15 bits per heavy atom. The molecule has 0 heterocycles. The van der Waals surface area contributed by atoms with Gasteiger partial charge in [-0.15, -0.1) is 0 Å². The minimum absolute atomic E-state index is 0.290. The van der Waals surface area contributed by atoms with Crippen LogP contribution in [-0.2, 0) is 11.8 Å². The van der Waals surface area contributed by atoms with Gasteiger partial charge >= 0.3 is 0 Å². The molecule has 0 aliphatic heterocycles. The average molecular weight is 337 g/mol. The SMILES string of the molecule is CC(C)(c1ccccc1)C(O)Cc1ccc(Br)cc1F. The maximum absolute atomic E-state index is 13.9. The van der Waals surface area contributed by atoms with Crippen LogP contribution >= 0.6 is 15.9 Å². The standard InChI is InChI=1S/C17H18BrFO/c1-17(2,13-6-4-3-5-7-13)16(20)10-12-8-9-14(18)11-15(12)19/h3-9,11,16,20H,10H2,1-2H3. The van der Waals surface area contributed by atoms with Gasteiger partial charge < -0.3 is 5.11 Å². The molecule has 3 heteroatoms. The van der Waals surface area contributed by atoms with Crippen LogP contribution in [0.3, 0.4) is 0 Å². The third-order valence-electron chi connectivity index (χ3n) is 3.78. The first-order valence-corrected chi connectivity index (χ1v) is 7.38. The molecule has 0 spiro atoms. The molecule has 0 bridgehead atoms. The number of benzene rings is 2. The molecule has 2 rings (SSSR count). The van der Waals surface area contributed by atoms with E-state index < -0.39 is 11.5 Å². The molecule has 2 aromatic rings. The van der Waals surface area contributed by atoms with Crippen molar-refractivity contribution in [2.24, 2.45) is 0 Å². The Balaban J connectivity index is 2.21. The molecule has 0 amide bonds. The molecule has 20 heavy (non-hydrogen) atoms. The Hall–Kier alpha value is -1.19. The van der Waals surface area contributed by atoms with Gasteiger partial charge in [0.05, 0.1) is 6.10 Å². The Labute approximate surface area is 127 Å². The molecule has 0 fully saturated rings. The first-order valence-electron chi connectivity index (χ1n) is 6.59. The van der Waals surface area contributed by atoms with Crippen LogP contribution in [0.25, 0.3) is 0 Å². The number of rotatable bonds is 4. The van der Waals surface area contributed by atoms with Crippen molar-refractivity contribution in [3.8, 4) is 0 Å². The predicted octanol–water partition coefficient (Wildman–Crippen LogP) is 4.47. The third-order valence-corrected chi connectivity index (χ3v) is 4.27. The maximum Gasteiger partial charge on any atom is 0.127 e. The highest BCUT2D eigenvalue weighted by atomic mass is 79.9. The summed E-state index contributed by atoms with van der Waals surface area (Å²) in [5.74, 6) is -0.290. The van der Waals surface area contributed by atoms with Gasteiger partial charge in [-0.05, 0) is 23.3 Å². The molecule has 0 radical (unpaired) electrons. The fraction of sp³-hybridized carbons (Fsp3) is 0.294. The van der Waals surface area contributed by atoms with Gasteiger partial charge in [0.15, 0.2) is 0 Å². The van der Waals surface area contributed by atoms with Crippen molar-refractivity contribution in [1.29, 1.82) is 0 Å². The van der Waals surface area contributed by atoms with Crippen molar-refractivity contribution in [2.45, 2.75) is 31.8 Å². The molecular formula is C17H18BrFO. The van der Waals surface area contributed by atoms with E-state index in [9.17, 15) is 9.50 Å². The van der Waals surface area contributed by atoms with Crippen LogP contribution in [-0.4, -0.2) is 11.2 Å². The van der Waals surface area contributed by atoms with Crippen molar-refractivity contribution in [2.75, 3.05) is 0 Å². The summed E-state index contributed by atoms with van der Waals surface area (Å²) in [6, 6.07) is 14.7. The summed E-state index contributed by atoms with van der Waals surface area (Å²) in [7, 11) is 0. The number of aliphatic hydroxyl groups is 1. The summed E-state index contributed by atoms with van der Waals surface area (Å²) >= 11 is 3.24. The maximum atomic E-state index is 13.9. The Morgan fingerprint density at radius 2 is 1.80 bits per heavy atom. The highest BCUT2D eigenvalue weighted by Gasteiger charge is 2.30. The van der Waals surface area contributed by atoms with E-state index in [1.54, 1.807) is 12.1 Å². The zero-order chi connectivity index (χ0) is 14.8. The summed E-state index contributed by atoms with van der Waals surface area (Å²) in [6.45, 7) is 3.95. The lowest BCUT2D eigenvalue weighted by atomic mass is 9.77. The van der Waals surface area contributed by atoms with Gasteiger partial charge in [-0.2, -0.15) is 0 Å². The smallest absolute Gasteiger partial charge is 0.127 e. The molecule has 1 unspecified atom stereocenters. The topological polar surface area (TPSA) is 20.2 Å². The van der Waals surface area contributed by atoms with E-state index in [4.69, 9.17) is 0 Å². The molecule has 1 atom stereocenters. The molecule has 0 saturated heterocycles. The van der Waals surface area contributed by atoms with E-state index in [1.165, 1.54) is 6.07 Å². The van der Waals surface area contributed by atoms with E-state index in [0.717, 1.165) is 5.56 Å². The summed E-state index contributed by atoms with van der Waals surface area (Å²) in [5.41, 5.74) is 1.15.